The van der Waals surface area contributed by atoms with Gasteiger partial charge in [-0.05, 0) is 31.9 Å². The molecule has 1 aromatic carbocycles. The summed E-state index contributed by atoms with van der Waals surface area (Å²) in [5.41, 5.74) is 0.115. The molecule has 0 atom stereocenters. The summed E-state index contributed by atoms with van der Waals surface area (Å²) >= 11 is 0. The zero-order valence-electron chi connectivity index (χ0n) is 12.6. The van der Waals surface area contributed by atoms with Crippen LogP contribution in [0.3, 0.4) is 0 Å². The Balaban J connectivity index is 0.00000400. The fraction of sp³-hybridized carbons (Fsp3) is 0.533. The Morgan fingerprint density at radius 3 is 2.38 bits per heavy atom. The molecular formula is C15H24F2IN3. The van der Waals surface area contributed by atoms with Crippen molar-refractivity contribution >= 4 is 29.9 Å². The zero-order chi connectivity index (χ0) is 14.8. The molecule has 21 heavy (non-hydrogen) atoms. The van der Waals surface area contributed by atoms with Gasteiger partial charge in [0.1, 0.15) is 11.6 Å². The van der Waals surface area contributed by atoms with Crippen LogP contribution in [0.15, 0.2) is 23.2 Å². The minimum Gasteiger partial charge on any atom is -0.357 e. The van der Waals surface area contributed by atoms with Crippen molar-refractivity contribution in [3.8, 4) is 0 Å². The number of unbranched alkanes of at least 4 members (excludes halogenated alkanes) is 1. The quantitative estimate of drug-likeness (QED) is 0.312. The number of benzene rings is 1. The molecular weight excluding hydrogens is 387 g/mol. The molecule has 0 heterocycles. The van der Waals surface area contributed by atoms with E-state index in [0.717, 1.165) is 25.9 Å². The van der Waals surface area contributed by atoms with Gasteiger partial charge in [0.2, 0.25) is 0 Å². The van der Waals surface area contributed by atoms with Gasteiger partial charge in [-0.3, -0.25) is 4.99 Å². The number of hydrogen-bond acceptors (Lipinski definition) is 1. The Morgan fingerprint density at radius 1 is 1.14 bits per heavy atom. The summed E-state index contributed by atoms with van der Waals surface area (Å²) in [7, 11) is 0. The summed E-state index contributed by atoms with van der Waals surface area (Å²) in [6, 6.07) is 3.93. The van der Waals surface area contributed by atoms with Crippen LogP contribution in [-0.2, 0) is 6.42 Å². The second kappa shape index (κ2) is 11.7. The lowest BCUT2D eigenvalue weighted by atomic mass is 10.1. The van der Waals surface area contributed by atoms with E-state index in [9.17, 15) is 8.78 Å². The first-order valence-corrected chi connectivity index (χ1v) is 7.14. The fourth-order valence-corrected chi connectivity index (χ4v) is 1.77. The van der Waals surface area contributed by atoms with Crippen molar-refractivity contribution in [2.45, 2.75) is 33.1 Å². The molecule has 1 aromatic rings. The van der Waals surface area contributed by atoms with Crippen molar-refractivity contribution in [3.05, 3.63) is 35.4 Å². The lowest BCUT2D eigenvalue weighted by molar-refractivity contribution is 0.553. The Labute approximate surface area is 142 Å². The van der Waals surface area contributed by atoms with E-state index in [0.29, 0.717) is 12.5 Å². The Hall–Kier alpha value is -0.920. The van der Waals surface area contributed by atoms with E-state index in [1.807, 2.05) is 6.92 Å². The third kappa shape index (κ3) is 7.59. The Morgan fingerprint density at radius 2 is 1.81 bits per heavy atom. The number of hydrogen-bond donors (Lipinski definition) is 2. The van der Waals surface area contributed by atoms with Gasteiger partial charge in [0.05, 0.1) is 0 Å². The molecule has 0 unspecified atom stereocenters. The average Bonchev–Trinajstić information content (AvgIpc) is 2.42. The van der Waals surface area contributed by atoms with Gasteiger partial charge in [0.15, 0.2) is 5.96 Å². The summed E-state index contributed by atoms with van der Waals surface area (Å²) in [6.07, 6.45) is 2.40. The van der Waals surface area contributed by atoms with Crippen LogP contribution < -0.4 is 10.6 Å². The highest BCUT2D eigenvalue weighted by atomic mass is 127. The predicted octanol–water partition coefficient (Wildman–Crippen LogP) is 3.48. The molecule has 0 aliphatic heterocycles. The van der Waals surface area contributed by atoms with E-state index in [1.54, 1.807) is 0 Å². The van der Waals surface area contributed by atoms with Crippen molar-refractivity contribution in [3.63, 3.8) is 0 Å². The lowest BCUT2D eigenvalue weighted by Gasteiger charge is -2.11. The van der Waals surface area contributed by atoms with E-state index in [1.165, 1.54) is 18.2 Å². The van der Waals surface area contributed by atoms with E-state index < -0.39 is 11.6 Å². The molecule has 120 valence electrons. The molecule has 0 aliphatic carbocycles. The van der Waals surface area contributed by atoms with Crippen LogP contribution >= 0.6 is 24.0 Å². The smallest absolute Gasteiger partial charge is 0.191 e. The van der Waals surface area contributed by atoms with E-state index >= 15 is 0 Å². The normalized spacial score (nSPS) is 11.0. The molecule has 2 N–H and O–H groups in total. The van der Waals surface area contributed by atoms with Crippen LogP contribution in [-0.4, -0.2) is 25.6 Å². The van der Waals surface area contributed by atoms with Gasteiger partial charge in [0, 0.05) is 25.2 Å². The molecule has 0 fully saturated rings. The second-order valence-corrected chi connectivity index (χ2v) is 4.49. The molecule has 3 nitrogen and oxygen atoms in total. The fourth-order valence-electron chi connectivity index (χ4n) is 1.77. The summed E-state index contributed by atoms with van der Waals surface area (Å²) in [4.78, 5) is 4.39. The molecule has 0 spiro atoms. The van der Waals surface area contributed by atoms with Gasteiger partial charge in [-0.15, -0.1) is 24.0 Å². The summed E-state index contributed by atoms with van der Waals surface area (Å²) < 4.78 is 26.9. The largest absolute Gasteiger partial charge is 0.357 e. The third-order valence-electron chi connectivity index (χ3n) is 2.85. The van der Waals surface area contributed by atoms with Gasteiger partial charge in [-0.25, -0.2) is 8.78 Å². The summed E-state index contributed by atoms with van der Waals surface area (Å²) in [5, 5.41) is 6.20. The van der Waals surface area contributed by atoms with Crippen LogP contribution in [0.2, 0.25) is 0 Å². The number of nitrogens with zero attached hydrogens (tertiary/aromatic N) is 1. The zero-order valence-corrected chi connectivity index (χ0v) is 14.9. The van der Waals surface area contributed by atoms with E-state index in [-0.39, 0.29) is 36.0 Å². The highest BCUT2D eigenvalue weighted by Crippen LogP contribution is 2.11. The molecule has 0 bridgehead atoms. The number of guanidine groups is 1. The molecule has 0 amide bonds. The highest BCUT2D eigenvalue weighted by molar-refractivity contribution is 14.0. The van der Waals surface area contributed by atoms with Crippen molar-refractivity contribution < 1.29 is 8.78 Å². The maximum atomic E-state index is 13.5. The molecule has 1 rings (SSSR count). The van der Waals surface area contributed by atoms with Crippen molar-refractivity contribution in [2.75, 3.05) is 19.6 Å². The van der Waals surface area contributed by atoms with Crippen LogP contribution in [0.4, 0.5) is 8.78 Å². The molecule has 0 radical (unpaired) electrons. The topological polar surface area (TPSA) is 36.4 Å². The van der Waals surface area contributed by atoms with Gasteiger partial charge in [0.25, 0.3) is 0 Å². The van der Waals surface area contributed by atoms with Crippen LogP contribution in [0.25, 0.3) is 0 Å². The highest BCUT2D eigenvalue weighted by Gasteiger charge is 2.07. The first kappa shape index (κ1) is 20.1. The van der Waals surface area contributed by atoms with Gasteiger partial charge in [-0.1, -0.05) is 19.4 Å². The van der Waals surface area contributed by atoms with Crippen molar-refractivity contribution in [1.82, 2.24) is 10.6 Å². The van der Waals surface area contributed by atoms with Crippen LogP contribution in [0, 0.1) is 11.6 Å². The summed E-state index contributed by atoms with van der Waals surface area (Å²) in [6.45, 7) is 6.03. The van der Waals surface area contributed by atoms with E-state index in [2.05, 4.69) is 22.5 Å². The Bertz CT molecular complexity index is 419. The second-order valence-electron chi connectivity index (χ2n) is 4.49. The third-order valence-corrected chi connectivity index (χ3v) is 2.85. The maximum absolute atomic E-state index is 13.5. The number of nitrogens with one attached hydrogen (secondary N) is 2. The van der Waals surface area contributed by atoms with E-state index in [4.69, 9.17) is 0 Å². The first-order valence-electron chi connectivity index (χ1n) is 7.14. The predicted molar refractivity (Wildman–Crippen MR) is 94.4 cm³/mol. The van der Waals surface area contributed by atoms with Crippen LogP contribution in [0.1, 0.15) is 32.3 Å². The molecule has 0 saturated heterocycles. The Kier molecular flexibility index (Phi) is 11.2. The van der Waals surface area contributed by atoms with Crippen molar-refractivity contribution in [2.24, 2.45) is 4.99 Å². The standard InChI is InChI=1S/C15H23F2N3.HI/c1-3-5-10-19-15(18-4-2)20-11-9-12-13(16)7-6-8-14(12)17;/h6-8H,3-5,9-11H2,1-2H3,(H2,18,19,20);1H. The van der Waals surface area contributed by atoms with Gasteiger partial charge in [-0.2, -0.15) is 0 Å². The monoisotopic (exact) mass is 411 g/mol. The van der Waals surface area contributed by atoms with Crippen molar-refractivity contribution in [1.29, 1.82) is 0 Å². The van der Waals surface area contributed by atoms with Crippen LogP contribution in [0.5, 0.6) is 0 Å². The SMILES string of the molecule is CCCCN=C(NCC)NCCc1c(F)cccc1F.I. The molecule has 6 heteroatoms. The molecule has 0 aromatic heterocycles. The minimum atomic E-state index is -0.500. The number of halogens is 3. The molecule has 0 saturated carbocycles. The number of aliphatic imine (C=N–C) groups is 1. The lowest BCUT2D eigenvalue weighted by Crippen LogP contribution is -2.38. The minimum absolute atomic E-state index is 0. The maximum Gasteiger partial charge on any atom is 0.191 e. The first-order chi connectivity index (χ1) is 9.69. The molecule has 0 aliphatic rings. The average molecular weight is 411 g/mol. The van der Waals surface area contributed by atoms with Gasteiger partial charge >= 0.3 is 0 Å². The summed E-state index contributed by atoms with van der Waals surface area (Å²) in [5.74, 6) is -0.308. The number of rotatable bonds is 7. The van der Waals surface area contributed by atoms with Gasteiger partial charge < -0.3 is 10.6 Å².